The van der Waals surface area contributed by atoms with Crippen molar-refractivity contribution in [2.75, 3.05) is 0 Å². The number of allylic oxidation sites excluding steroid dienone is 4. The summed E-state index contributed by atoms with van der Waals surface area (Å²) in [7, 11) is 0. The van der Waals surface area contributed by atoms with Gasteiger partial charge in [-0.25, -0.2) is 0 Å². The molecule has 2 atom stereocenters. The van der Waals surface area contributed by atoms with Crippen LogP contribution in [0.4, 0.5) is 0 Å². The van der Waals surface area contributed by atoms with Crippen molar-refractivity contribution in [1.29, 1.82) is 0 Å². The smallest absolute Gasteiger partial charge is 0.126 e. The molecule has 0 amide bonds. The lowest BCUT2D eigenvalue weighted by atomic mass is 9.70. The van der Waals surface area contributed by atoms with Gasteiger partial charge in [0.1, 0.15) is 6.29 Å². The normalized spacial score (nSPS) is 29.5. The molecule has 0 aromatic rings. The molecule has 0 saturated carbocycles. The summed E-state index contributed by atoms with van der Waals surface area (Å²) >= 11 is 0. The molecule has 1 nitrogen and oxygen atoms in total. The van der Waals surface area contributed by atoms with Crippen LogP contribution in [0, 0.1) is 11.3 Å². The molecule has 16 heavy (non-hydrogen) atoms. The summed E-state index contributed by atoms with van der Waals surface area (Å²) in [5.41, 5.74) is 2.80. The highest BCUT2D eigenvalue weighted by atomic mass is 16.1. The van der Waals surface area contributed by atoms with Crippen molar-refractivity contribution in [3.8, 4) is 0 Å². The van der Waals surface area contributed by atoms with Crippen LogP contribution in [0.15, 0.2) is 23.3 Å². The van der Waals surface area contributed by atoms with Gasteiger partial charge in [-0.2, -0.15) is 0 Å². The third-order valence-electron chi connectivity index (χ3n) is 3.80. The quantitative estimate of drug-likeness (QED) is 0.510. The summed E-state index contributed by atoms with van der Waals surface area (Å²) in [5, 5.41) is 0. The van der Waals surface area contributed by atoms with Gasteiger partial charge in [0.25, 0.3) is 0 Å². The first-order valence-electron chi connectivity index (χ1n) is 6.27. The van der Waals surface area contributed by atoms with Crippen LogP contribution in [0.25, 0.3) is 0 Å². The van der Waals surface area contributed by atoms with E-state index in [-0.39, 0.29) is 5.41 Å². The lowest BCUT2D eigenvalue weighted by Crippen LogP contribution is -2.29. The Balaban J connectivity index is 2.56. The summed E-state index contributed by atoms with van der Waals surface area (Å²) in [6, 6.07) is 0. The van der Waals surface area contributed by atoms with Crippen LogP contribution in [-0.4, -0.2) is 6.29 Å². The van der Waals surface area contributed by atoms with Gasteiger partial charge in [-0.15, -0.1) is 0 Å². The molecule has 0 heterocycles. The number of carbonyl (C=O) groups is 1. The van der Waals surface area contributed by atoms with E-state index in [0.29, 0.717) is 5.92 Å². The van der Waals surface area contributed by atoms with Crippen LogP contribution in [0.3, 0.4) is 0 Å². The van der Waals surface area contributed by atoms with Crippen LogP contribution in [0.1, 0.15) is 53.4 Å². The highest BCUT2D eigenvalue weighted by Crippen LogP contribution is 2.38. The summed E-state index contributed by atoms with van der Waals surface area (Å²) < 4.78 is 0. The fraction of sp³-hybridized carbons (Fsp3) is 0.667. The summed E-state index contributed by atoms with van der Waals surface area (Å²) in [6.45, 7) is 8.52. The molecule has 0 aromatic carbocycles. The molecule has 1 rings (SSSR count). The van der Waals surface area contributed by atoms with Crippen LogP contribution in [-0.2, 0) is 4.79 Å². The number of hydrogen-bond acceptors (Lipinski definition) is 1. The number of hydrogen-bond donors (Lipinski definition) is 0. The maximum absolute atomic E-state index is 11.1. The van der Waals surface area contributed by atoms with Crippen LogP contribution in [0.5, 0.6) is 0 Å². The maximum Gasteiger partial charge on any atom is 0.126 e. The maximum atomic E-state index is 11.1. The number of carbonyl (C=O) groups excluding carboxylic acids is 1. The molecule has 0 fully saturated rings. The Bertz CT molecular complexity index is 307. The van der Waals surface area contributed by atoms with Crippen molar-refractivity contribution in [2.45, 2.75) is 53.4 Å². The molecule has 0 aliphatic heterocycles. The van der Waals surface area contributed by atoms with Crippen LogP contribution >= 0.6 is 0 Å². The molecule has 0 bridgehead atoms. The molecule has 0 saturated heterocycles. The van der Waals surface area contributed by atoms with E-state index in [2.05, 4.69) is 39.8 Å². The van der Waals surface area contributed by atoms with Gasteiger partial charge in [0.05, 0.1) is 0 Å². The SMILES string of the molecule is CC(C)=CCCC1=CC(C)C(C)(C=O)CC1. The third kappa shape index (κ3) is 3.33. The minimum absolute atomic E-state index is 0.125. The molecule has 1 heteroatoms. The fourth-order valence-electron chi connectivity index (χ4n) is 2.21. The van der Waals surface area contributed by atoms with Gasteiger partial charge in [-0.3, -0.25) is 0 Å². The van der Waals surface area contributed by atoms with E-state index in [9.17, 15) is 4.79 Å². The Morgan fingerprint density at radius 1 is 1.56 bits per heavy atom. The minimum Gasteiger partial charge on any atom is -0.303 e. The first kappa shape index (κ1) is 13.2. The van der Waals surface area contributed by atoms with E-state index >= 15 is 0 Å². The van der Waals surface area contributed by atoms with E-state index in [0.717, 1.165) is 32.0 Å². The zero-order chi connectivity index (χ0) is 12.2. The Kier molecular flexibility index (Phi) is 4.52. The van der Waals surface area contributed by atoms with Crippen molar-refractivity contribution in [3.63, 3.8) is 0 Å². The predicted octanol–water partition coefficient (Wildman–Crippen LogP) is 4.29. The van der Waals surface area contributed by atoms with Gasteiger partial charge < -0.3 is 4.79 Å². The molecule has 0 aromatic heterocycles. The molecule has 0 spiro atoms. The Labute approximate surface area is 99.6 Å². The van der Waals surface area contributed by atoms with E-state index in [1.807, 2.05) is 0 Å². The van der Waals surface area contributed by atoms with Crippen molar-refractivity contribution < 1.29 is 4.79 Å². The third-order valence-corrected chi connectivity index (χ3v) is 3.80. The zero-order valence-corrected chi connectivity index (χ0v) is 11.0. The molecular formula is C15H24O. The second-order valence-electron chi connectivity index (χ2n) is 5.56. The van der Waals surface area contributed by atoms with Gasteiger partial charge in [0.2, 0.25) is 0 Å². The Hall–Kier alpha value is -0.850. The minimum atomic E-state index is -0.125. The van der Waals surface area contributed by atoms with Crippen molar-refractivity contribution in [3.05, 3.63) is 23.3 Å². The van der Waals surface area contributed by atoms with Gasteiger partial charge in [-0.05, 0) is 45.4 Å². The largest absolute Gasteiger partial charge is 0.303 e. The summed E-state index contributed by atoms with van der Waals surface area (Å²) in [5.74, 6) is 0.389. The lowest BCUT2D eigenvalue weighted by molar-refractivity contribution is -0.117. The lowest BCUT2D eigenvalue weighted by Gasteiger charge is -2.33. The molecule has 0 radical (unpaired) electrons. The number of aldehydes is 1. The first-order chi connectivity index (χ1) is 7.48. The van der Waals surface area contributed by atoms with Crippen LogP contribution < -0.4 is 0 Å². The predicted molar refractivity (Wildman–Crippen MR) is 69.3 cm³/mol. The fourth-order valence-corrected chi connectivity index (χ4v) is 2.21. The molecular weight excluding hydrogens is 196 g/mol. The Morgan fingerprint density at radius 2 is 2.25 bits per heavy atom. The van der Waals surface area contributed by atoms with Crippen molar-refractivity contribution >= 4 is 6.29 Å². The van der Waals surface area contributed by atoms with Gasteiger partial charge in [0.15, 0.2) is 0 Å². The van der Waals surface area contributed by atoms with E-state index in [1.165, 1.54) is 11.1 Å². The average Bonchev–Trinajstić information content (AvgIpc) is 2.23. The molecule has 0 N–H and O–H groups in total. The highest BCUT2D eigenvalue weighted by Gasteiger charge is 2.32. The van der Waals surface area contributed by atoms with E-state index in [1.54, 1.807) is 0 Å². The van der Waals surface area contributed by atoms with Gasteiger partial charge >= 0.3 is 0 Å². The van der Waals surface area contributed by atoms with Crippen molar-refractivity contribution in [2.24, 2.45) is 11.3 Å². The number of rotatable bonds is 4. The van der Waals surface area contributed by atoms with Gasteiger partial charge in [0, 0.05) is 5.41 Å². The summed E-state index contributed by atoms with van der Waals surface area (Å²) in [4.78, 5) is 11.1. The topological polar surface area (TPSA) is 17.1 Å². The van der Waals surface area contributed by atoms with E-state index in [4.69, 9.17) is 0 Å². The highest BCUT2D eigenvalue weighted by molar-refractivity contribution is 5.60. The average molecular weight is 220 g/mol. The Morgan fingerprint density at radius 3 is 2.75 bits per heavy atom. The van der Waals surface area contributed by atoms with Crippen molar-refractivity contribution in [1.82, 2.24) is 0 Å². The van der Waals surface area contributed by atoms with Crippen LogP contribution in [0.2, 0.25) is 0 Å². The second kappa shape index (κ2) is 5.47. The second-order valence-corrected chi connectivity index (χ2v) is 5.56. The standard InChI is InChI=1S/C15H24O/c1-12(2)6-5-7-14-8-9-15(4,11-16)13(3)10-14/h6,10-11,13H,5,7-9H2,1-4H3. The summed E-state index contributed by atoms with van der Waals surface area (Å²) in [6.07, 6.45) is 10.1. The molecule has 90 valence electrons. The molecule has 2 unspecified atom stereocenters. The van der Waals surface area contributed by atoms with Gasteiger partial charge in [-0.1, -0.05) is 37.1 Å². The van der Waals surface area contributed by atoms with E-state index < -0.39 is 0 Å². The first-order valence-corrected chi connectivity index (χ1v) is 6.27. The molecule has 1 aliphatic carbocycles. The zero-order valence-electron chi connectivity index (χ0n) is 11.0. The monoisotopic (exact) mass is 220 g/mol. The molecule has 1 aliphatic rings.